The van der Waals surface area contributed by atoms with Crippen LogP contribution in [0.2, 0.25) is 0 Å². The Labute approximate surface area is 142 Å². The molecular formula is C17H16F3N3O2. The number of amides is 1. The molecule has 2 N–H and O–H groups in total. The maximum Gasteiger partial charge on any atom is 0.422 e. The number of hydrogen-bond donors (Lipinski definition) is 2. The Morgan fingerprint density at radius 3 is 2.68 bits per heavy atom. The minimum Gasteiger partial charge on any atom is -0.468 e. The zero-order valence-corrected chi connectivity index (χ0v) is 13.1. The molecule has 0 fully saturated rings. The predicted molar refractivity (Wildman–Crippen MR) is 85.2 cm³/mol. The number of carbonyl (C=O) groups is 1. The number of anilines is 1. The molecule has 2 aromatic rings. The Kier molecular flexibility index (Phi) is 4.89. The molecule has 3 rings (SSSR count). The summed E-state index contributed by atoms with van der Waals surface area (Å²) in [5, 5.41) is 5.86. The van der Waals surface area contributed by atoms with Crippen LogP contribution in [0.4, 0.5) is 18.9 Å². The van der Waals surface area contributed by atoms with Gasteiger partial charge in [-0.25, -0.2) is 4.98 Å². The van der Waals surface area contributed by atoms with Gasteiger partial charge in [0.25, 0.3) is 0 Å². The standard InChI is InChI=1S/C17H16F3N3O2/c18-17(19,20)10-25-15-6-5-13(9-22-15)23-16(24)14-7-11-3-1-2-4-12(11)8-21-14/h1-6,9,14,21H,7-8,10H2,(H,23,24). The van der Waals surface area contributed by atoms with E-state index in [4.69, 9.17) is 0 Å². The molecule has 1 amide bonds. The van der Waals surface area contributed by atoms with Crippen LogP contribution in [0.5, 0.6) is 5.88 Å². The van der Waals surface area contributed by atoms with Crippen molar-refractivity contribution in [2.75, 3.05) is 11.9 Å². The summed E-state index contributed by atoms with van der Waals surface area (Å²) in [5.41, 5.74) is 2.68. The Morgan fingerprint density at radius 2 is 2.00 bits per heavy atom. The zero-order valence-electron chi connectivity index (χ0n) is 13.1. The third-order valence-corrected chi connectivity index (χ3v) is 3.79. The Hall–Kier alpha value is -2.61. The van der Waals surface area contributed by atoms with Crippen molar-refractivity contribution >= 4 is 11.6 Å². The number of hydrogen-bond acceptors (Lipinski definition) is 4. The van der Waals surface area contributed by atoms with E-state index in [-0.39, 0.29) is 17.8 Å². The normalized spacial score (nSPS) is 16.8. The molecule has 1 aliphatic heterocycles. The first kappa shape index (κ1) is 17.2. The summed E-state index contributed by atoms with van der Waals surface area (Å²) >= 11 is 0. The first-order chi connectivity index (χ1) is 11.9. The number of benzene rings is 1. The number of nitrogens with zero attached hydrogens (tertiary/aromatic N) is 1. The van der Waals surface area contributed by atoms with Gasteiger partial charge < -0.3 is 15.4 Å². The highest BCUT2D eigenvalue weighted by atomic mass is 19.4. The number of carbonyl (C=O) groups excluding carboxylic acids is 1. The predicted octanol–water partition coefficient (Wildman–Crippen LogP) is 2.68. The van der Waals surface area contributed by atoms with Gasteiger partial charge in [-0.15, -0.1) is 0 Å². The zero-order chi connectivity index (χ0) is 17.9. The van der Waals surface area contributed by atoms with Crippen molar-refractivity contribution in [1.82, 2.24) is 10.3 Å². The summed E-state index contributed by atoms with van der Waals surface area (Å²) in [6.07, 6.45) is -2.58. The van der Waals surface area contributed by atoms with E-state index in [2.05, 4.69) is 20.4 Å². The minimum absolute atomic E-state index is 0.153. The van der Waals surface area contributed by atoms with Crippen LogP contribution in [-0.2, 0) is 17.8 Å². The first-order valence-electron chi connectivity index (χ1n) is 7.67. The van der Waals surface area contributed by atoms with Gasteiger partial charge in [0.15, 0.2) is 6.61 Å². The average molecular weight is 351 g/mol. The third-order valence-electron chi connectivity index (χ3n) is 3.79. The largest absolute Gasteiger partial charge is 0.468 e. The van der Waals surface area contributed by atoms with E-state index in [9.17, 15) is 18.0 Å². The van der Waals surface area contributed by atoms with Gasteiger partial charge in [0.05, 0.1) is 17.9 Å². The number of ether oxygens (including phenoxy) is 1. The number of fused-ring (bicyclic) bond motifs is 1. The number of pyridine rings is 1. The molecule has 8 heteroatoms. The Balaban J connectivity index is 1.56. The van der Waals surface area contributed by atoms with Gasteiger partial charge in [-0.2, -0.15) is 13.2 Å². The van der Waals surface area contributed by atoms with Crippen LogP contribution in [0.3, 0.4) is 0 Å². The number of nitrogens with one attached hydrogen (secondary N) is 2. The van der Waals surface area contributed by atoms with Crippen molar-refractivity contribution in [2.24, 2.45) is 0 Å². The molecule has 2 heterocycles. The lowest BCUT2D eigenvalue weighted by Crippen LogP contribution is -2.44. The molecule has 1 aliphatic rings. The summed E-state index contributed by atoms with van der Waals surface area (Å²) in [4.78, 5) is 16.1. The summed E-state index contributed by atoms with van der Waals surface area (Å²) in [6.45, 7) is -0.798. The molecule has 0 spiro atoms. The van der Waals surface area contributed by atoms with Crippen LogP contribution in [0, 0.1) is 0 Å². The van der Waals surface area contributed by atoms with Gasteiger partial charge in [0, 0.05) is 12.6 Å². The van der Waals surface area contributed by atoms with E-state index in [0.717, 1.165) is 5.56 Å². The molecule has 0 saturated carbocycles. The maximum atomic E-state index is 12.3. The first-order valence-corrected chi connectivity index (χ1v) is 7.67. The fourth-order valence-electron chi connectivity index (χ4n) is 2.56. The topological polar surface area (TPSA) is 63.2 Å². The summed E-state index contributed by atoms with van der Waals surface area (Å²) in [5.74, 6) is -0.375. The lowest BCUT2D eigenvalue weighted by Gasteiger charge is -2.25. The van der Waals surface area contributed by atoms with Crippen LogP contribution < -0.4 is 15.4 Å². The van der Waals surface area contributed by atoms with Crippen LogP contribution in [0.15, 0.2) is 42.6 Å². The molecule has 0 bridgehead atoms. The highest BCUT2D eigenvalue weighted by Crippen LogP contribution is 2.19. The van der Waals surface area contributed by atoms with E-state index in [0.29, 0.717) is 18.7 Å². The van der Waals surface area contributed by atoms with Crippen LogP contribution in [0.25, 0.3) is 0 Å². The van der Waals surface area contributed by atoms with Gasteiger partial charge in [0.1, 0.15) is 0 Å². The van der Waals surface area contributed by atoms with E-state index >= 15 is 0 Å². The highest BCUT2D eigenvalue weighted by Gasteiger charge is 2.28. The Bertz CT molecular complexity index is 748. The molecule has 0 aliphatic carbocycles. The molecule has 0 radical (unpaired) electrons. The van der Waals surface area contributed by atoms with Gasteiger partial charge >= 0.3 is 6.18 Å². The van der Waals surface area contributed by atoms with Crippen molar-refractivity contribution in [3.63, 3.8) is 0 Å². The molecule has 132 valence electrons. The fraction of sp³-hybridized carbons (Fsp3) is 0.294. The molecule has 1 atom stereocenters. The third kappa shape index (κ3) is 4.69. The van der Waals surface area contributed by atoms with Gasteiger partial charge in [-0.3, -0.25) is 4.79 Å². The number of halogens is 3. The fourth-order valence-corrected chi connectivity index (χ4v) is 2.56. The van der Waals surface area contributed by atoms with Crippen molar-refractivity contribution in [3.05, 3.63) is 53.7 Å². The van der Waals surface area contributed by atoms with Crippen LogP contribution in [0.1, 0.15) is 11.1 Å². The molecule has 1 aromatic heterocycles. The monoisotopic (exact) mass is 351 g/mol. The Morgan fingerprint density at radius 1 is 1.24 bits per heavy atom. The van der Waals surface area contributed by atoms with Crippen molar-refractivity contribution in [2.45, 2.75) is 25.2 Å². The minimum atomic E-state index is -4.42. The van der Waals surface area contributed by atoms with Gasteiger partial charge in [-0.1, -0.05) is 24.3 Å². The van der Waals surface area contributed by atoms with E-state index in [1.807, 2.05) is 24.3 Å². The van der Waals surface area contributed by atoms with E-state index in [1.165, 1.54) is 23.9 Å². The molecule has 1 aromatic carbocycles. The second-order valence-electron chi connectivity index (χ2n) is 5.68. The molecule has 1 unspecified atom stereocenters. The van der Waals surface area contributed by atoms with Gasteiger partial charge in [-0.05, 0) is 23.6 Å². The SMILES string of the molecule is O=C(Nc1ccc(OCC(F)(F)F)nc1)C1Cc2ccccc2CN1. The van der Waals surface area contributed by atoms with Crippen LogP contribution in [-0.4, -0.2) is 29.7 Å². The smallest absolute Gasteiger partial charge is 0.422 e. The van der Waals surface area contributed by atoms with Crippen LogP contribution >= 0.6 is 0 Å². The number of alkyl halides is 3. The molecular weight excluding hydrogens is 335 g/mol. The van der Waals surface area contributed by atoms with Crippen molar-refractivity contribution in [1.29, 1.82) is 0 Å². The highest BCUT2D eigenvalue weighted by molar-refractivity contribution is 5.95. The molecule has 0 saturated heterocycles. The lowest BCUT2D eigenvalue weighted by molar-refractivity contribution is -0.154. The average Bonchev–Trinajstić information content (AvgIpc) is 2.60. The summed E-state index contributed by atoms with van der Waals surface area (Å²) in [7, 11) is 0. The molecule has 25 heavy (non-hydrogen) atoms. The summed E-state index contributed by atoms with van der Waals surface area (Å²) in [6, 6.07) is 10.2. The van der Waals surface area contributed by atoms with Gasteiger partial charge in [0.2, 0.25) is 11.8 Å². The maximum absolute atomic E-state index is 12.3. The van der Waals surface area contributed by atoms with Crippen molar-refractivity contribution < 1.29 is 22.7 Å². The second kappa shape index (κ2) is 7.10. The lowest BCUT2D eigenvalue weighted by atomic mass is 9.95. The van der Waals surface area contributed by atoms with E-state index in [1.54, 1.807) is 0 Å². The van der Waals surface area contributed by atoms with E-state index < -0.39 is 12.8 Å². The van der Waals surface area contributed by atoms with Crippen molar-refractivity contribution in [3.8, 4) is 5.88 Å². The molecule has 5 nitrogen and oxygen atoms in total. The summed E-state index contributed by atoms with van der Waals surface area (Å²) < 4.78 is 40.8. The quantitative estimate of drug-likeness (QED) is 0.889. The number of aromatic nitrogens is 1. The second-order valence-corrected chi connectivity index (χ2v) is 5.68. The number of rotatable bonds is 4.